The van der Waals surface area contributed by atoms with Crippen LogP contribution in [-0.4, -0.2) is 175 Å². The third-order valence-corrected chi connectivity index (χ3v) is 17.8. The van der Waals surface area contributed by atoms with Crippen molar-refractivity contribution in [2.75, 3.05) is 91.8 Å². The quantitative estimate of drug-likeness (QED) is 0.0796. The normalized spacial score (nSPS) is 22.7. The summed E-state index contributed by atoms with van der Waals surface area (Å²) in [7, 11) is 4.57. The molecular weight excluding hydrogens is 1050 g/mol. The molecule has 19 nitrogen and oxygen atoms in total. The molecule has 0 saturated carbocycles. The predicted molar refractivity (Wildman–Crippen MR) is 316 cm³/mol. The number of carbonyl (C=O) groups is 5. The number of anilines is 1. The number of amides is 4. The molecule has 3 aromatic carbocycles. The summed E-state index contributed by atoms with van der Waals surface area (Å²) in [5, 5.41) is 17.0. The molecule has 0 spiro atoms. The lowest BCUT2D eigenvalue weighted by molar-refractivity contribution is -0.155. The molecule has 10 rings (SSSR count). The van der Waals surface area contributed by atoms with Crippen molar-refractivity contribution in [3.63, 3.8) is 0 Å². The highest BCUT2D eigenvalue weighted by atomic mass is 16.5. The average molecular weight is 1140 g/mol. The molecule has 7 atom stereocenters. The summed E-state index contributed by atoms with van der Waals surface area (Å²) in [5.41, 5.74) is 11.3. The number of likely N-dealkylation sites (tertiary alicyclic amines) is 1. The lowest BCUT2D eigenvalue weighted by Crippen LogP contribution is -2.62. The lowest BCUT2D eigenvalue weighted by atomic mass is 9.84. The van der Waals surface area contributed by atoms with Gasteiger partial charge in [0, 0.05) is 107 Å². The first-order chi connectivity index (χ1) is 39.9. The van der Waals surface area contributed by atoms with Gasteiger partial charge in [0.2, 0.25) is 11.8 Å². The summed E-state index contributed by atoms with van der Waals surface area (Å²) < 4.78 is 25.2. The van der Waals surface area contributed by atoms with E-state index in [9.17, 15) is 19.5 Å². The van der Waals surface area contributed by atoms with Gasteiger partial charge in [-0.2, -0.15) is 0 Å². The van der Waals surface area contributed by atoms with Gasteiger partial charge in [0.15, 0.2) is 0 Å². The Morgan fingerprint density at radius 3 is 2.42 bits per heavy atom. The number of cyclic esters (lactones) is 1. The molecule has 442 valence electrons. The number of aryl methyl sites for hydroxylation is 1. The number of carbonyl (C=O) groups excluding carboxylic acids is 5. The number of nitrogens with zero attached hydrogens (tertiary/aromatic N) is 7. The summed E-state index contributed by atoms with van der Waals surface area (Å²) >= 11 is 0. The number of hydrazine groups is 1. The monoisotopic (exact) mass is 1140 g/mol. The third kappa shape index (κ3) is 12.2. The van der Waals surface area contributed by atoms with Gasteiger partial charge in [0.25, 0.3) is 5.91 Å². The second-order valence-corrected chi connectivity index (χ2v) is 23.9. The Kier molecular flexibility index (Phi) is 17.6. The number of hydrogen-bond acceptors (Lipinski definition) is 14. The van der Waals surface area contributed by atoms with Crippen LogP contribution < -0.4 is 15.6 Å². The Morgan fingerprint density at radius 1 is 0.976 bits per heavy atom. The first-order valence-corrected chi connectivity index (χ1v) is 29.3. The van der Waals surface area contributed by atoms with E-state index in [1.807, 2.05) is 55.6 Å². The first kappa shape index (κ1) is 58.9. The number of nitrogens with one attached hydrogen (secondary N) is 2. The topological polar surface area (TPSA) is 201 Å². The van der Waals surface area contributed by atoms with Crippen molar-refractivity contribution in [1.82, 2.24) is 40.0 Å². The van der Waals surface area contributed by atoms with E-state index in [1.165, 1.54) is 21.9 Å². The maximum atomic E-state index is 15.1. The minimum Gasteiger partial charge on any atom is -0.508 e. The average Bonchev–Trinajstić information content (AvgIpc) is 3.60. The number of aromatic hydroxyl groups is 1. The van der Waals surface area contributed by atoms with E-state index < -0.39 is 59.3 Å². The summed E-state index contributed by atoms with van der Waals surface area (Å²) in [6.45, 7) is 20.5. The maximum Gasteiger partial charge on any atom is 0.409 e. The zero-order chi connectivity index (χ0) is 58.9. The van der Waals surface area contributed by atoms with Gasteiger partial charge in [-0.3, -0.25) is 34.1 Å². The van der Waals surface area contributed by atoms with Crippen LogP contribution in [0.3, 0.4) is 0 Å². The summed E-state index contributed by atoms with van der Waals surface area (Å²) in [6, 6.07) is 20.5. The Balaban J connectivity index is 1.03. The van der Waals surface area contributed by atoms with Crippen LogP contribution in [0, 0.1) is 17.3 Å². The lowest BCUT2D eigenvalue weighted by Gasteiger charge is -2.43. The Bertz CT molecular complexity index is 3230. The molecule has 2 aromatic heterocycles. The molecule has 4 fully saturated rings. The largest absolute Gasteiger partial charge is 0.508 e. The number of aromatic nitrogens is 2. The first-order valence-electron chi connectivity index (χ1n) is 29.3. The number of phenolic OH excluding ortho intramolecular Hbond substituents is 1. The second kappa shape index (κ2) is 24.9. The minimum absolute atomic E-state index is 0.0337. The molecule has 4 saturated heterocycles. The Morgan fingerprint density at radius 2 is 1.73 bits per heavy atom. The molecule has 19 heteroatoms. The molecule has 83 heavy (non-hydrogen) atoms. The molecule has 5 aliphatic rings. The molecule has 5 aromatic rings. The highest BCUT2D eigenvalue weighted by Crippen LogP contribution is 2.44. The van der Waals surface area contributed by atoms with Gasteiger partial charge in [-0.15, -0.1) is 6.58 Å². The van der Waals surface area contributed by atoms with E-state index in [-0.39, 0.29) is 56.3 Å². The summed E-state index contributed by atoms with van der Waals surface area (Å²) in [5.74, 6) is -3.72. The predicted octanol–water partition coefficient (Wildman–Crippen LogP) is 7.10. The van der Waals surface area contributed by atoms with E-state index in [1.54, 1.807) is 39.3 Å². The van der Waals surface area contributed by atoms with E-state index in [0.717, 1.165) is 89.6 Å². The van der Waals surface area contributed by atoms with Crippen molar-refractivity contribution < 1.29 is 48.0 Å². The molecule has 0 aliphatic carbocycles. The highest BCUT2D eigenvalue weighted by Gasteiger charge is 2.45. The number of benzene rings is 3. The Labute approximate surface area is 486 Å². The number of rotatable bonds is 13. The SMILES string of the molecule is C=C[C@@H](C)[C@@H](C(=O)N[C@H]1Cc2cc(O)cc(c2)-c2ccc3c(c2)c(c(-c2cc(N4CCN(C5COC5)CC4)cnc2[C@H](C)OC)n3CC)CC(C)(C)COC(=O)[C@@H]2CCCN(N2)C1=O)N(C)C(=O)[C@@H]1CN(C(=O)OC)C[C@@H]1c1ccccc1. The molecular formula is C64H81N9O10. The van der Waals surface area contributed by atoms with Gasteiger partial charge < -0.3 is 48.6 Å². The van der Waals surface area contributed by atoms with E-state index >= 15 is 9.59 Å². The van der Waals surface area contributed by atoms with E-state index in [4.69, 9.17) is 23.9 Å². The number of piperazine rings is 1. The second-order valence-electron chi connectivity index (χ2n) is 23.9. The van der Waals surface area contributed by atoms with Gasteiger partial charge in [-0.1, -0.05) is 69.3 Å². The Hall–Kier alpha value is -7.32. The van der Waals surface area contributed by atoms with Crippen molar-refractivity contribution in [2.24, 2.45) is 17.3 Å². The number of ether oxygens (including phenoxy) is 4. The molecule has 4 amide bonds. The molecule has 5 aliphatic heterocycles. The van der Waals surface area contributed by atoms with Crippen molar-refractivity contribution in [3.05, 3.63) is 114 Å². The van der Waals surface area contributed by atoms with Crippen LogP contribution in [0.25, 0.3) is 33.3 Å². The zero-order valence-corrected chi connectivity index (χ0v) is 49.3. The summed E-state index contributed by atoms with van der Waals surface area (Å²) in [6.07, 6.45) is 3.99. The van der Waals surface area contributed by atoms with Gasteiger partial charge in [-0.25, -0.2) is 10.2 Å². The molecule has 7 heterocycles. The van der Waals surface area contributed by atoms with E-state index in [2.05, 4.69) is 70.7 Å². The summed E-state index contributed by atoms with van der Waals surface area (Å²) in [4.78, 5) is 85.3. The number of esters is 1. The smallest absolute Gasteiger partial charge is 0.409 e. The van der Waals surface area contributed by atoms with Crippen molar-refractivity contribution >= 4 is 46.4 Å². The molecule has 6 bridgehead atoms. The third-order valence-electron chi connectivity index (χ3n) is 17.8. The van der Waals surface area contributed by atoms with Crippen LogP contribution in [0.2, 0.25) is 0 Å². The number of pyridine rings is 1. The fourth-order valence-corrected chi connectivity index (χ4v) is 13.0. The van der Waals surface area contributed by atoms with Crippen molar-refractivity contribution in [1.29, 1.82) is 0 Å². The fourth-order valence-electron chi connectivity index (χ4n) is 13.0. The van der Waals surface area contributed by atoms with Crippen LogP contribution in [0.1, 0.15) is 81.9 Å². The van der Waals surface area contributed by atoms with Crippen LogP contribution in [0.15, 0.2) is 91.6 Å². The van der Waals surface area contributed by atoms with Gasteiger partial charge >= 0.3 is 12.1 Å². The van der Waals surface area contributed by atoms with Gasteiger partial charge in [0.1, 0.15) is 23.9 Å². The number of likely N-dealkylation sites (N-methyl/N-ethyl adjacent to an activating group) is 1. The van der Waals surface area contributed by atoms with Gasteiger partial charge in [0.05, 0.1) is 68.3 Å². The standard InChI is InChI=1S/C64H81N9O10/c1-10-39(3)57(68(7)60(76)52-35-71(63(79)81-9)34-51(52)42-16-13-12-14-17-42)59(75)66-54-28-41-26-44(29-47(74)27-41)43-19-20-55-48(30-43)50(32-64(5,6)38-83-62(78)53-18-15-21-73(67-53)61(54)77)58(72(55)11-2)49-31-45(33-65-56(49)40(4)80-8)69-22-24-70(25-23-69)46-36-82-37-46/h10,12-14,16-17,19-20,26-27,29-31,33,39-40,46,51-54,57,67,74H,1,11,15,18,21-25,28,32,34-38H2,2-9H3,(H,66,75)/t39-,40+,51-,52-,53+,54+,57+/m1/s1. The van der Waals surface area contributed by atoms with E-state index in [0.29, 0.717) is 43.0 Å². The molecule has 0 radical (unpaired) electrons. The highest BCUT2D eigenvalue weighted by molar-refractivity contribution is 5.96. The van der Waals surface area contributed by atoms with Crippen LogP contribution in [0.5, 0.6) is 5.75 Å². The van der Waals surface area contributed by atoms with Crippen LogP contribution in [-0.2, 0) is 57.5 Å². The van der Waals surface area contributed by atoms with Gasteiger partial charge in [-0.05, 0) is 91.3 Å². The number of hydrogen-bond donors (Lipinski definition) is 3. The number of methoxy groups -OCH3 is 2. The zero-order valence-electron chi connectivity index (χ0n) is 49.3. The number of fused-ring (bicyclic) bond motifs is 6. The van der Waals surface area contributed by atoms with Crippen molar-refractivity contribution in [2.45, 2.75) is 103 Å². The van der Waals surface area contributed by atoms with Crippen LogP contribution in [0.4, 0.5) is 10.5 Å². The number of phenols is 1. The minimum atomic E-state index is -1.25. The molecule has 0 unspecified atom stereocenters. The van der Waals surface area contributed by atoms with Crippen LogP contribution >= 0.6 is 0 Å². The maximum absolute atomic E-state index is 15.1. The fraction of sp³-hybridized carbons (Fsp3) is 0.500. The molecule has 3 N–H and O–H groups in total. The van der Waals surface area contributed by atoms with Crippen molar-refractivity contribution in [3.8, 4) is 28.1 Å².